The monoisotopic (exact) mass is 284 g/mol. The molecule has 2 aromatic rings. The zero-order chi connectivity index (χ0) is 15.2. The lowest BCUT2D eigenvalue weighted by Crippen LogP contribution is -2.14. The fourth-order valence-electron chi connectivity index (χ4n) is 1.81. The number of anilines is 1. The quantitative estimate of drug-likeness (QED) is 0.913. The van der Waals surface area contributed by atoms with Gasteiger partial charge in [0.05, 0.1) is 12.7 Å². The molecule has 0 fully saturated rings. The maximum absolute atomic E-state index is 12.2. The molecule has 1 heterocycles. The number of pyridine rings is 1. The maximum Gasteiger partial charge on any atom is 0.256 e. The van der Waals surface area contributed by atoms with Gasteiger partial charge in [0.15, 0.2) is 0 Å². The van der Waals surface area contributed by atoms with Gasteiger partial charge >= 0.3 is 0 Å². The molecule has 1 aromatic heterocycles. The van der Waals surface area contributed by atoms with Crippen LogP contribution in [0, 0.1) is 6.92 Å². The third kappa shape index (κ3) is 4.39. The molecule has 4 nitrogen and oxygen atoms in total. The maximum atomic E-state index is 12.2. The summed E-state index contributed by atoms with van der Waals surface area (Å²) in [6.07, 6.45) is 1.86. The zero-order valence-electron chi connectivity index (χ0n) is 12.6. The molecule has 1 amide bonds. The van der Waals surface area contributed by atoms with Crippen molar-refractivity contribution in [3.8, 4) is 0 Å². The van der Waals surface area contributed by atoms with Gasteiger partial charge in [-0.2, -0.15) is 0 Å². The topological polar surface area (TPSA) is 51.2 Å². The molecule has 0 saturated carbocycles. The Balaban J connectivity index is 2.01. The summed E-state index contributed by atoms with van der Waals surface area (Å²) in [4.78, 5) is 16.3. The number of carbonyl (C=O) groups excluding carboxylic acids is 1. The van der Waals surface area contributed by atoms with Crippen LogP contribution in [-0.2, 0) is 11.3 Å². The minimum absolute atomic E-state index is 0.159. The third-order valence-corrected chi connectivity index (χ3v) is 3.04. The predicted octanol–water partition coefficient (Wildman–Crippen LogP) is 3.57. The molecule has 0 unspecified atom stereocenters. The van der Waals surface area contributed by atoms with Gasteiger partial charge in [-0.15, -0.1) is 0 Å². The van der Waals surface area contributed by atoms with E-state index in [1.165, 1.54) is 0 Å². The Kier molecular flexibility index (Phi) is 5.06. The number of carbonyl (C=O) groups is 1. The fourth-order valence-corrected chi connectivity index (χ4v) is 1.81. The first-order valence-electron chi connectivity index (χ1n) is 7.00. The Morgan fingerprint density at radius 1 is 1.24 bits per heavy atom. The summed E-state index contributed by atoms with van der Waals surface area (Å²) in [5.74, 6) is 0.433. The van der Waals surface area contributed by atoms with Crippen molar-refractivity contribution in [1.29, 1.82) is 0 Å². The number of aromatic nitrogens is 1. The Hall–Kier alpha value is -2.20. The summed E-state index contributed by atoms with van der Waals surface area (Å²) in [6, 6.07) is 11.2. The molecule has 21 heavy (non-hydrogen) atoms. The fraction of sp³-hybridized carbons (Fsp3) is 0.294. The van der Waals surface area contributed by atoms with Gasteiger partial charge in [-0.05, 0) is 50.1 Å². The smallest absolute Gasteiger partial charge is 0.256 e. The molecular formula is C17H20N2O2. The van der Waals surface area contributed by atoms with E-state index in [4.69, 9.17) is 4.74 Å². The van der Waals surface area contributed by atoms with Gasteiger partial charge < -0.3 is 10.1 Å². The molecule has 0 spiro atoms. The van der Waals surface area contributed by atoms with Gasteiger partial charge in [0.1, 0.15) is 5.82 Å². The Labute approximate surface area is 125 Å². The Bertz CT molecular complexity index is 606. The van der Waals surface area contributed by atoms with Crippen LogP contribution < -0.4 is 5.32 Å². The van der Waals surface area contributed by atoms with Crippen LogP contribution in [0.5, 0.6) is 0 Å². The van der Waals surface area contributed by atoms with E-state index >= 15 is 0 Å². The van der Waals surface area contributed by atoms with E-state index in [0.717, 1.165) is 11.1 Å². The lowest BCUT2D eigenvalue weighted by Gasteiger charge is -2.09. The molecule has 0 radical (unpaired) electrons. The van der Waals surface area contributed by atoms with Crippen molar-refractivity contribution < 1.29 is 9.53 Å². The highest BCUT2D eigenvalue weighted by molar-refractivity contribution is 6.04. The van der Waals surface area contributed by atoms with E-state index < -0.39 is 0 Å². The third-order valence-electron chi connectivity index (χ3n) is 3.04. The number of hydrogen-bond acceptors (Lipinski definition) is 3. The van der Waals surface area contributed by atoms with E-state index in [9.17, 15) is 4.79 Å². The van der Waals surface area contributed by atoms with Crippen LogP contribution in [-0.4, -0.2) is 17.0 Å². The van der Waals surface area contributed by atoms with Crippen molar-refractivity contribution in [1.82, 2.24) is 4.98 Å². The Morgan fingerprint density at radius 2 is 1.95 bits per heavy atom. The second-order valence-corrected chi connectivity index (χ2v) is 5.18. The van der Waals surface area contributed by atoms with Gasteiger partial charge in [-0.1, -0.05) is 18.2 Å². The van der Waals surface area contributed by atoms with Gasteiger partial charge in [0.2, 0.25) is 0 Å². The molecule has 0 aliphatic heterocycles. The second-order valence-electron chi connectivity index (χ2n) is 5.18. The number of nitrogens with zero attached hydrogens (tertiary/aromatic N) is 1. The van der Waals surface area contributed by atoms with Crippen LogP contribution in [0.4, 0.5) is 5.82 Å². The minimum atomic E-state index is -0.159. The number of rotatable bonds is 5. The average Bonchev–Trinajstić information content (AvgIpc) is 2.48. The molecule has 0 aliphatic rings. The van der Waals surface area contributed by atoms with Crippen LogP contribution in [0.2, 0.25) is 0 Å². The molecule has 0 aliphatic carbocycles. The molecular weight excluding hydrogens is 264 g/mol. The summed E-state index contributed by atoms with van der Waals surface area (Å²) < 4.78 is 5.53. The van der Waals surface area contributed by atoms with Crippen molar-refractivity contribution in [2.45, 2.75) is 33.5 Å². The summed E-state index contributed by atoms with van der Waals surface area (Å²) in [7, 11) is 0. The first-order chi connectivity index (χ1) is 10.1. The van der Waals surface area contributed by atoms with Crippen molar-refractivity contribution in [3.63, 3.8) is 0 Å². The van der Waals surface area contributed by atoms with Crippen molar-refractivity contribution in [3.05, 3.63) is 59.3 Å². The molecule has 4 heteroatoms. The summed E-state index contributed by atoms with van der Waals surface area (Å²) in [5.41, 5.74) is 2.59. The van der Waals surface area contributed by atoms with Crippen LogP contribution in [0.15, 0.2) is 42.6 Å². The SMILES string of the molecule is Cc1cccnc1NC(=O)c1ccc(COC(C)C)cc1. The lowest BCUT2D eigenvalue weighted by molar-refractivity contribution is 0.0657. The normalized spacial score (nSPS) is 10.7. The lowest BCUT2D eigenvalue weighted by atomic mass is 10.1. The van der Waals surface area contributed by atoms with Gasteiger partial charge in [0, 0.05) is 11.8 Å². The molecule has 1 N–H and O–H groups in total. The van der Waals surface area contributed by atoms with E-state index in [1.807, 2.05) is 45.0 Å². The number of hydrogen-bond donors (Lipinski definition) is 1. The zero-order valence-corrected chi connectivity index (χ0v) is 12.6. The molecule has 0 bridgehead atoms. The number of aryl methyl sites for hydroxylation is 1. The first kappa shape index (κ1) is 15.2. The summed E-state index contributed by atoms with van der Waals surface area (Å²) >= 11 is 0. The van der Waals surface area contributed by atoms with Crippen LogP contribution in [0.3, 0.4) is 0 Å². The molecule has 0 saturated heterocycles. The highest BCUT2D eigenvalue weighted by Crippen LogP contribution is 2.12. The molecule has 0 atom stereocenters. The van der Waals surface area contributed by atoms with Gasteiger partial charge in [-0.25, -0.2) is 4.98 Å². The van der Waals surface area contributed by atoms with Crippen molar-refractivity contribution >= 4 is 11.7 Å². The van der Waals surface area contributed by atoms with E-state index in [0.29, 0.717) is 18.0 Å². The van der Waals surface area contributed by atoms with Gasteiger partial charge in [0.25, 0.3) is 5.91 Å². The van der Waals surface area contributed by atoms with E-state index in [2.05, 4.69) is 10.3 Å². The molecule has 110 valence electrons. The highest BCUT2D eigenvalue weighted by atomic mass is 16.5. The van der Waals surface area contributed by atoms with Crippen molar-refractivity contribution in [2.75, 3.05) is 5.32 Å². The second kappa shape index (κ2) is 6.99. The number of amides is 1. The van der Waals surface area contributed by atoms with Crippen LogP contribution in [0.1, 0.15) is 35.3 Å². The highest BCUT2D eigenvalue weighted by Gasteiger charge is 2.08. The van der Waals surface area contributed by atoms with Crippen LogP contribution in [0.25, 0.3) is 0 Å². The van der Waals surface area contributed by atoms with Gasteiger partial charge in [-0.3, -0.25) is 4.79 Å². The summed E-state index contributed by atoms with van der Waals surface area (Å²) in [6.45, 7) is 6.46. The largest absolute Gasteiger partial charge is 0.374 e. The minimum Gasteiger partial charge on any atom is -0.374 e. The molecule has 2 rings (SSSR count). The van der Waals surface area contributed by atoms with Crippen molar-refractivity contribution in [2.24, 2.45) is 0 Å². The average molecular weight is 284 g/mol. The first-order valence-corrected chi connectivity index (χ1v) is 7.00. The Morgan fingerprint density at radius 3 is 2.57 bits per heavy atom. The standard InChI is InChI=1S/C17H20N2O2/c1-12(2)21-11-14-6-8-15(9-7-14)17(20)19-16-13(3)5-4-10-18-16/h4-10,12H,11H2,1-3H3,(H,18,19,20). The predicted molar refractivity (Wildman–Crippen MR) is 83.3 cm³/mol. The number of ether oxygens (including phenoxy) is 1. The van der Waals surface area contributed by atoms with E-state index in [1.54, 1.807) is 18.3 Å². The van der Waals surface area contributed by atoms with Crippen LogP contribution >= 0.6 is 0 Å². The number of benzene rings is 1. The van der Waals surface area contributed by atoms with E-state index in [-0.39, 0.29) is 12.0 Å². The molecule has 1 aromatic carbocycles. The number of nitrogens with one attached hydrogen (secondary N) is 1. The summed E-state index contributed by atoms with van der Waals surface area (Å²) in [5, 5.41) is 2.81.